The number of aromatic nitrogens is 3. The van der Waals surface area contributed by atoms with Crippen LogP contribution < -0.4 is 5.32 Å². The Morgan fingerprint density at radius 2 is 1.86 bits per heavy atom. The van der Waals surface area contributed by atoms with Crippen LogP contribution in [-0.4, -0.2) is 38.3 Å². The summed E-state index contributed by atoms with van der Waals surface area (Å²) < 4.78 is 1.93. The van der Waals surface area contributed by atoms with Crippen molar-refractivity contribution >= 4 is 23.2 Å². The average molecular weight is 412 g/mol. The van der Waals surface area contributed by atoms with Crippen molar-refractivity contribution in [2.45, 2.75) is 45.2 Å². The van der Waals surface area contributed by atoms with Crippen molar-refractivity contribution in [3.63, 3.8) is 0 Å². The standard InChI is InChI=1S/C22H26ClN5O/c23-18-8-9-20-26-21(22(29)27-11-4-2-1-3-5-12-27)19(28(20)16-18)15-25-14-17-7-6-10-24-13-17/h6-10,13,16,25H,1-5,11-12,14-15H2. The van der Waals surface area contributed by atoms with Crippen LogP contribution in [0.3, 0.4) is 0 Å². The Balaban J connectivity index is 1.59. The van der Waals surface area contributed by atoms with Crippen LogP contribution >= 0.6 is 11.6 Å². The summed E-state index contributed by atoms with van der Waals surface area (Å²) in [5.74, 6) is 0.0184. The summed E-state index contributed by atoms with van der Waals surface area (Å²) in [6.07, 6.45) is 11.2. The summed E-state index contributed by atoms with van der Waals surface area (Å²) in [4.78, 5) is 24.1. The van der Waals surface area contributed by atoms with Crippen LogP contribution in [0.25, 0.3) is 5.65 Å². The van der Waals surface area contributed by atoms with Gasteiger partial charge < -0.3 is 14.6 Å². The second kappa shape index (κ2) is 9.37. The molecule has 1 N–H and O–H groups in total. The Hall–Kier alpha value is -2.44. The van der Waals surface area contributed by atoms with E-state index in [0.29, 0.717) is 23.8 Å². The number of fused-ring (bicyclic) bond motifs is 1. The van der Waals surface area contributed by atoms with Crippen molar-refractivity contribution in [1.82, 2.24) is 24.6 Å². The molecule has 1 saturated heterocycles. The molecular formula is C22H26ClN5O. The highest BCUT2D eigenvalue weighted by molar-refractivity contribution is 6.30. The van der Waals surface area contributed by atoms with Gasteiger partial charge in [-0.05, 0) is 36.6 Å². The number of carbonyl (C=O) groups excluding carboxylic acids is 1. The summed E-state index contributed by atoms with van der Waals surface area (Å²) in [7, 11) is 0. The molecule has 1 aliphatic rings. The van der Waals surface area contributed by atoms with E-state index in [4.69, 9.17) is 11.6 Å². The lowest BCUT2D eigenvalue weighted by molar-refractivity contribution is 0.0735. The first-order valence-electron chi connectivity index (χ1n) is 10.3. The zero-order valence-electron chi connectivity index (χ0n) is 16.5. The number of carbonyl (C=O) groups is 1. The van der Waals surface area contributed by atoms with Gasteiger partial charge in [-0.25, -0.2) is 4.98 Å². The third kappa shape index (κ3) is 4.77. The fourth-order valence-corrected chi connectivity index (χ4v) is 4.00. The van der Waals surface area contributed by atoms with E-state index in [2.05, 4.69) is 15.3 Å². The minimum absolute atomic E-state index is 0.0184. The normalized spacial score (nSPS) is 15.3. The minimum Gasteiger partial charge on any atom is -0.337 e. The molecule has 0 atom stereocenters. The van der Waals surface area contributed by atoms with Gasteiger partial charge in [0.25, 0.3) is 5.91 Å². The van der Waals surface area contributed by atoms with E-state index in [1.807, 2.05) is 39.9 Å². The lowest BCUT2D eigenvalue weighted by atomic mass is 10.1. The van der Waals surface area contributed by atoms with E-state index in [1.165, 1.54) is 19.3 Å². The Bertz CT molecular complexity index is 964. The number of hydrogen-bond donors (Lipinski definition) is 1. The van der Waals surface area contributed by atoms with E-state index in [0.717, 1.165) is 42.8 Å². The fourth-order valence-electron chi connectivity index (χ4n) is 3.84. The third-order valence-corrected chi connectivity index (χ3v) is 5.60. The van der Waals surface area contributed by atoms with E-state index >= 15 is 0 Å². The Labute approximate surface area is 175 Å². The van der Waals surface area contributed by atoms with E-state index in [1.54, 1.807) is 12.3 Å². The van der Waals surface area contributed by atoms with Crippen LogP contribution in [0.5, 0.6) is 0 Å². The fraction of sp³-hybridized carbons (Fsp3) is 0.409. The SMILES string of the molecule is O=C(c1nc2ccc(Cl)cn2c1CNCc1cccnc1)N1CCCCCCC1. The van der Waals surface area contributed by atoms with Gasteiger partial charge in [0.05, 0.1) is 10.7 Å². The molecule has 4 heterocycles. The molecule has 1 amide bonds. The zero-order valence-corrected chi connectivity index (χ0v) is 17.2. The minimum atomic E-state index is 0.0184. The molecule has 0 saturated carbocycles. The van der Waals surface area contributed by atoms with Gasteiger partial charge in [-0.2, -0.15) is 0 Å². The van der Waals surface area contributed by atoms with Crippen molar-refractivity contribution < 1.29 is 4.79 Å². The molecule has 3 aromatic heterocycles. The predicted octanol–water partition coefficient (Wildman–Crippen LogP) is 4.08. The van der Waals surface area contributed by atoms with Crippen LogP contribution in [-0.2, 0) is 13.1 Å². The Kier molecular flexibility index (Phi) is 6.42. The van der Waals surface area contributed by atoms with Gasteiger partial charge in [0.1, 0.15) is 5.65 Å². The molecule has 6 nitrogen and oxygen atoms in total. The maximum Gasteiger partial charge on any atom is 0.274 e. The van der Waals surface area contributed by atoms with E-state index < -0.39 is 0 Å². The Morgan fingerprint density at radius 1 is 1.07 bits per heavy atom. The van der Waals surface area contributed by atoms with Gasteiger partial charge in [0.15, 0.2) is 5.69 Å². The molecule has 0 aromatic carbocycles. The van der Waals surface area contributed by atoms with Gasteiger partial charge in [0.2, 0.25) is 0 Å². The highest BCUT2D eigenvalue weighted by Gasteiger charge is 2.24. The van der Waals surface area contributed by atoms with Crippen LogP contribution in [0.15, 0.2) is 42.9 Å². The first-order chi connectivity index (χ1) is 14.2. The molecule has 29 heavy (non-hydrogen) atoms. The van der Waals surface area contributed by atoms with Gasteiger partial charge in [-0.15, -0.1) is 0 Å². The molecular weight excluding hydrogens is 386 g/mol. The smallest absolute Gasteiger partial charge is 0.274 e. The van der Waals surface area contributed by atoms with Gasteiger partial charge in [0, 0.05) is 44.8 Å². The molecule has 3 aromatic rings. The van der Waals surface area contributed by atoms with Crippen LogP contribution in [0.1, 0.15) is 53.8 Å². The molecule has 0 radical (unpaired) electrons. The monoisotopic (exact) mass is 411 g/mol. The predicted molar refractivity (Wildman–Crippen MR) is 114 cm³/mol. The number of likely N-dealkylation sites (tertiary alicyclic amines) is 1. The number of hydrogen-bond acceptors (Lipinski definition) is 4. The summed E-state index contributed by atoms with van der Waals surface area (Å²) in [6, 6.07) is 7.61. The van der Waals surface area contributed by atoms with Crippen molar-refractivity contribution in [3.05, 3.63) is 64.8 Å². The van der Waals surface area contributed by atoms with E-state index in [-0.39, 0.29) is 5.91 Å². The quantitative estimate of drug-likeness (QED) is 0.687. The maximum absolute atomic E-state index is 13.4. The molecule has 0 spiro atoms. The third-order valence-electron chi connectivity index (χ3n) is 5.37. The number of rotatable bonds is 5. The second-order valence-corrected chi connectivity index (χ2v) is 7.94. The summed E-state index contributed by atoms with van der Waals surface area (Å²) in [5, 5.41) is 4.04. The topological polar surface area (TPSA) is 62.5 Å². The molecule has 1 aliphatic heterocycles. The van der Waals surface area contributed by atoms with Crippen molar-refractivity contribution in [2.24, 2.45) is 0 Å². The largest absolute Gasteiger partial charge is 0.337 e. The highest BCUT2D eigenvalue weighted by atomic mass is 35.5. The Morgan fingerprint density at radius 3 is 2.62 bits per heavy atom. The number of imidazole rings is 1. The van der Waals surface area contributed by atoms with Crippen LogP contribution in [0.4, 0.5) is 0 Å². The molecule has 7 heteroatoms. The lowest BCUT2D eigenvalue weighted by Gasteiger charge is -2.24. The molecule has 0 bridgehead atoms. The van der Waals surface area contributed by atoms with Gasteiger partial charge in [-0.1, -0.05) is 36.9 Å². The summed E-state index contributed by atoms with van der Waals surface area (Å²) in [5.41, 5.74) is 3.20. The summed E-state index contributed by atoms with van der Waals surface area (Å²) in [6.45, 7) is 2.79. The molecule has 4 rings (SSSR count). The van der Waals surface area contributed by atoms with Gasteiger partial charge >= 0.3 is 0 Å². The first-order valence-corrected chi connectivity index (χ1v) is 10.7. The lowest BCUT2D eigenvalue weighted by Crippen LogP contribution is -2.35. The van der Waals surface area contributed by atoms with Crippen LogP contribution in [0.2, 0.25) is 5.02 Å². The average Bonchev–Trinajstić information content (AvgIpc) is 3.06. The first kappa shape index (κ1) is 19.9. The van der Waals surface area contributed by atoms with Crippen molar-refractivity contribution in [1.29, 1.82) is 0 Å². The van der Waals surface area contributed by atoms with Crippen LogP contribution in [0, 0.1) is 0 Å². The summed E-state index contributed by atoms with van der Waals surface area (Å²) >= 11 is 6.23. The van der Waals surface area contributed by atoms with Crippen molar-refractivity contribution in [3.8, 4) is 0 Å². The molecule has 1 fully saturated rings. The number of nitrogens with zero attached hydrogens (tertiary/aromatic N) is 4. The number of amides is 1. The number of nitrogens with one attached hydrogen (secondary N) is 1. The van der Waals surface area contributed by atoms with Gasteiger partial charge in [-0.3, -0.25) is 9.78 Å². The molecule has 0 aliphatic carbocycles. The van der Waals surface area contributed by atoms with Crippen molar-refractivity contribution in [2.75, 3.05) is 13.1 Å². The number of pyridine rings is 2. The van der Waals surface area contributed by atoms with E-state index in [9.17, 15) is 4.79 Å². The molecule has 152 valence electrons. The zero-order chi connectivity index (χ0) is 20.1. The highest BCUT2D eigenvalue weighted by Crippen LogP contribution is 2.20. The molecule has 0 unspecified atom stereocenters. The second-order valence-electron chi connectivity index (χ2n) is 7.51. The maximum atomic E-state index is 13.4. The number of halogens is 1.